The molecule has 0 saturated carbocycles. The molecule has 0 atom stereocenters. The second-order valence-electron chi connectivity index (χ2n) is 2.75. The Hall–Kier alpha value is -0.890. The van der Waals surface area contributed by atoms with Gasteiger partial charge in [0, 0.05) is 11.1 Å². The van der Waals surface area contributed by atoms with Crippen molar-refractivity contribution in [2.45, 2.75) is 20.8 Å². The van der Waals surface area contributed by atoms with Crippen LogP contribution >= 0.6 is 11.6 Å². The molecule has 0 bridgehead atoms. The Labute approximate surface area is 89.8 Å². The number of ether oxygens (including phenoxy) is 2. The lowest BCUT2D eigenvalue weighted by molar-refractivity contribution is 0.171. The molecule has 0 unspecified atom stereocenters. The fraction of sp³-hybridized carbons (Fsp3) is 0.455. The van der Waals surface area contributed by atoms with Crippen LogP contribution in [0.2, 0.25) is 5.02 Å². The third-order valence-electron chi connectivity index (χ3n) is 1.82. The molecule has 2 nitrogen and oxygen atoms in total. The van der Waals surface area contributed by atoms with Crippen LogP contribution in [0.15, 0.2) is 12.1 Å². The van der Waals surface area contributed by atoms with E-state index in [4.69, 9.17) is 21.1 Å². The minimum atomic E-state index is 0.604. The molecule has 2 rings (SSSR count). The highest BCUT2D eigenvalue weighted by Gasteiger charge is 2.12. The number of rotatable bonds is 0. The van der Waals surface area contributed by atoms with Crippen LogP contribution in [-0.2, 0) is 0 Å². The van der Waals surface area contributed by atoms with Gasteiger partial charge in [-0.3, -0.25) is 0 Å². The first-order valence-electron chi connectivity index (χ1n) is 4.83. The summed E-state index contributed by atoms with van der Waals surface area (Å²) in [6, 6.07) is 3.70. The van der Waals surface area contributed by atoms with Crippen LogP contribution in [0.3, 0.4) is 0 Å². The van der Waals surface area contributed by atoms with Crippen molar-refractivity contribution in [3.63, 3.8) is 0 Å². The zero-order valence-corrected chi connectivity index (χ0v) is 9.52. The lowest BCUT2D eigenvalue weighted by atomic mass is 10.2. The van der Waals surface area contributed by atoms with Crippen LogP contribution in [0.25, 0.3) is 0 Å². The second kappa shape index (κ2) is 5.11. The molecule has 0 saturated heterocycles. The number of aryl methyl sites for hydroxylation is 1. The maximum atomic E-state index is 5.91. The minimum Gasteiger partial charge on any atom is -0.486 e. The molecule has 78 valence electrons. The van der Waals surface area contributed by atoms with E-state index < -0.39 is 0 Å². The fourth-order valence-electron chi connectivity index (χ4n) is 1.17. The number of hydrogen-bond donors (Lipinski definition) is 0. The van der Waals surface area contributed by atoms with Crippen LogP contribution in [-0.4, -0.2) is 13.2 Å². The van der Waals surface area contributed by atoms with Gasteiger partial charge in [-0.25, -0.2) is 0 Å². The lowest BCUT2D eigenvalue weighted by Gasteiger charge is -2.18. The molecule has 0 amide bonds. The fourth-order valence-corrected chi connectivity index (χ4v) is 1.32. The molecule has 0 fully saturated rings. The summed E-state index contributed by atoms with van der Waals surface area (Å²) in [5.74, 6) is 1.54. The maximum Gasteiger partial charge on any atom is 0.162 e. The third kappa shape index (κ3) is 2.32. The molecule has 0 aromatic heterocycles. The number of fused-ring (bicyclic) bond motifs is 1. The SMILES string of the molecule is CC.Cc1cc2c(cc1Cl)OCCO2. The largest absolute Gasteiger partial charge is 0.486 e. The van der Waals surface area contributed by atoms with E-state index in [0.29, 0.717) is 13.2 Å². The van der Waals surface area contributed by atoms with Gasteiger partial charge in [0.15, 0.2) is 11.5 Å². The monoisotopic (exact) mass is 214 g/mol. The summed E-state index contributed by atoms with van der Waals surface area (Å²) in [6.07, 6.45) is 0. The average molecular weight is 215 g/mol. The molecular weight excluding hydrogens is 200 g/mol. The van der Waals surface area contributed by atoms with Crippen LogP contribution in [0.1, 0.15) is 19.4 Å². The van der Waals surface area contributed by atoms with Gasteiger partial charge in [-0.05, 0) is 18.6 Å². The molecule has 1 aromatic rings. The highest BCUT2D eigenvalue weighted by Crippen LogP contribution is 2.34. The summed E-state index contributed by atoms with van der Waals surface area (Å²) in [5.41, 5.74) is 1.01. The molecule has 3 heteroatoms. The van der Waals surface area contributed by atoms with Gasteiger partial charge in [-0.15, -0.1) is 0 Å². The van der Waals surface area contributed by atoms with E-state index in [9.17, 15) is 0 Å². The highest BCUT2D eigenvalue weighted by atomic mass is 35.5. The molecule has 1 aromatic carbocycles. The van der Waals surface area contributed by atoms with Gasteiger partial charge in [0.05, 0.1) is 0 Å². The molecule has 1 aliphatic heterocycles. The van der Waals surface area contributed by atoms with Crippen molar-refractivity contribution in [1.82, 2.24) is 0 Å². The Morgan fingerprint density at radius 3 is 2.14 bits per heavy atom. The van der Waals surface area contributed by atoms with Crippen molar-refractivity contribution < 1.29 is 9.47 Å². The number of benzene rings is 1. The predicted molar refractivity (Wildman–Crippen MR) is 58.5 cm³/mol. The van der Waals surface area contributed by atoms with E-state index in [1.54, 1.807) is 6.07 Å². The smallest absolute Gasteiger partial charge is 0.162 e. The van der Waals surface area contributed by atoms with Crippen LogP contribution in [0, 0.1) is 6.92 Å². The van der Waals surface area contributed by atoms with Gasteiger partial charge in [0.25, 0.3) is 0 Å². The van der Waals surface area contributed by atoms with Crippen molar-refractivity contribution in [2.75, 3.05) is 13.2 Å². The predicted octanol–water partition coefficient (Wildman–Crippen LogP) is 3.45. The van der Waals surface area contributed by atoms with Crippen molar-refractivity contribution in [3.8, 4) is 11.5 Å². The van der Waals surface area contributed by atoms with Crippen LogP contribution < -0.4 is 9.47 Å². The topological polar surface area (TPSA) is 18.5 Å². The van der Waals surface area contributed by atoms with Crippen molar-refractivity contribution >= 4 is 11.6 Å². The third-order valence-corrected chi connectivity index (χ3v) is 2.23. The summed E-state index contributed by atoms with van der Waals surface area (Å²) >= 11 is 5.91. The normalized spacial score (nSPS) is 12.9. The summed E-state index contributed by atoms with van der Waals surface area (Å²) in [7, 11) is 0. The summed E-state index contributed by atoms with van der Waals surface area (Å²) in [6.45, 7) is 7.17. The Bertz CT molecular complexity index is 279. The molecule has 1 aliphatic rings. The molecule has 0 radical (unpaired) electrons. The first-order valence-corrected chi connectivity index (χ1v) is 5.21. The van der Waals surface area contributed by atoms with E-state index >= 15 is 0 Å². The Morgan fingerprint density at radius 2 is 1.57 bits per heavy atom. The van der Waals surface area contributed by atoms with E-state index in [-0.39, 0.29) is 0 Å². The Morgan fingerprint density at radius 1 is 1.07 bits per heavy atom. The lowest BCUT2D eigenvalue weighted by Crippen LogP contribution is -2.15. The molecular formula is C11H15ClO2. The summed E-state index contributed by atoms with van der Waals surface area (Å²) < 4.78 is 10.7. The number of hydrogen-bond acceptors (Lipinski definition) is 2. The quantitative estimate of drug-likeness (QED) is 0.659. The van der Waals surface area contributed by atoms with Crippen molar-refractivity contribution in [1.29, 1.82) is 0 Å². The first kappa shape index (κ1) is 11.2. The summed E-state index contributed by atoms with van der Waals surface area (Å²) in [4.78, 5) is 0. The van der Waals surface area contributed by atoms with Crippen molar-refractivity contribution in [3.05, 3.63) is 22.7 Å². The number of halogens is 1. The van der Waals surface area contributed by atoms with E-state index in [1.807, 2.05) is 26.8 Å². The standard InChI is InChI=1S/C9H9ClO2.C2H6/c1-6-4-8-9(5-7(6)10)12-3-2-11-8;1-2/h4-5H,2-3H2,1H3;1-2H3. The molecule has 0 aliphatic carbocycles. The molecule has 1 heterocycles. The van der Waals surface area contributed by atoms with E-state index in [0.717, 1.165) is 22.1 Å². The van der Waals surface area contributed by atoms with E-state index in [2.05, 4.69) is 0 Å². The average Bonchev–Trinajstić information content (AvgIpc) is 2.23. The zero-order chi connectivity index (χ0) is 10.6. The van der Waals surface area contributed by atoms with Gasteiger partial charge in [-0.2, -0.15) is 0 Å². The summed E-state index contributed by atoms with van der Waals surface area (Å²) in [5, 5.41) is 0.722. The van der Waals surface area contributed by atoms with Gasteiger partial charge >= 0.3 is 0 Å². The maximum absolute atomic E-state index is 5.91. The van der Waals surface area contributed by atoms with Gasteiger partial charge < -0.3 is 9.47 Å². The second-order valence-corrected chi connectivity index (χ2v) is 3.15. The Balaban J connectivity index is 0.000000461. The molecule has 0 N–H and O–H groups in total. The van der Waals surface area contributed by atoms with Gasteiger partial charge in [-0.1, -0.05) is 25.4 Å². The minimum absolute atomic E-state index is 0.604. The zero-order valence-electron chi connectivity index (χ0n) is 8.76. The first-order chi connectivity index (χ1) is 6.77. The van der Waals surface area contributed by atoms with Gasteiger partial charge in [0.2, 0.25) is 0 Å². The van der Waals surface area contributed by atoms with Crippen LogP contribution in [0.4, 0.5) is 0 Å². The van der Waals surface area contributed by atoms with Crippen molar-refractivity contribution in [2.24, 2.45) is 0 Å². The van der Waals surface area contributed by atoms with Gasteiger partial charge in [0.1, 0.15) is 13.2 Å². The molecule has 14 heavy (non-hydrogen) atoms. The Kier molecular flexibility index (Phi) is 4.08. The van der Waals surface area contributed by atoms with E-state index in [1.165, 1.54) is 0 Å². The highest BCUT2D eigenvalue weighted by molar-refractivity contribution is 6.31. The van der Waals surface area contributed by atoms with Crippen LogP contribution in [0.5, 0.6) is 11.5 Å². The molecule has 0 spiro atoms.